The van der Waals surface area contributed by atoms with Crippen LogP contribution < -0.4 is 0 Å². The molecule has 140 valence electrons. The van der Waals surface area contributed by atoms with Crippen molar-refractivity contribution in [3.8, 4) is 0 Å². The molecule has 3 rings (SSSR count). The molecular formula is C22H25BO4. The monoisotopic (exact) mass is 364 g/mol. The number of carbonyl (C=O) groups is 1. The van der Waals surface area contributed by atoms with Crippen molar-refractivity contribution in [3.05, 3.63) is 76.8 Å². The highest BCUT2D eigenvalue weighted by atomic mass is 16.7. The van der Waals surface area contributed by atoms with E-state index < -0.39 is 18.3 Å². The molecule has 0 radical (unpaired) electrons. The van der Waals surface area contributed by atoms with Crippen LogP contribution >= 0.6 is 0 Å². The third kappa shape index (κ3) is 4.06. The number of aliphatic hydroxyl groups is 1. The summed E-state index contributed by atoms with van der Waals surface area (Å²) in [6, 6.07) is 16.5. The molecule has 4 nitrogen and oxygen atoms in total. The quantitative estimate of drug-likeness (QED) is 0.645. The van der Waals surface area contributed by atoms with Gasteiger partial charge < -0.3 is 14.4 Å². The van der Waals surface area contributed by atoms with E-state index in [-0.39, 0.29) is 12.4 Å². The summed E-state index contributed by atoms with van der Waals surface area (Å²) < 4.78 is 12.0. The Morgan fingerprint density at radius 2 is 1.44 bits per heavy atom. The Morgan fingerprint density at radius 1 is 0.926 bits per heavy atom. The zero-order valence-electron chi connectivity index (χ0n) is 16.2. The molecular weight excluding hydrogens is 339 g/mol. The molecule has 1 aliphatic rings. The van der Waals surface area contributed by atoms with Crippen molar-refractivity contribution in [1.29, 1.82) is 0 Å². The maximum absolute atomic E-state index is 12.5. The van der Waals surface area contributed by atoms with Crippen LogP contribution in [0, 0.1) is 0 Å². The summed E-state index contributed by atoms with van der Waals surface area (Å²) in [7, 11) is -0.592. The fourth-order valence-electron chi connectivity index (χ4n) is 2.88. The Labute approximate surface area is 161 Å². The van der Waals surface area contributed by atoms with Crippen molar-refractivity contribution in [2.45, 2.75) is 38.9 Å². The lowest BCUT2D eigenvalue weighted by molar-refractivity contribution is 0.00578. The Hall–Kier alpha value is -2.21. The highest BCUT2D eigenvalue weighted by Gasteiger charge is 2.52. The van der Waals surface area contributed by atoms with Crippen molar-refractivity contribution in [3.63, 3.8) is 0 Å². The van der Waals surface area contributed by atoms with Crippen molar-refractivity contribution in [2.24, 2.45) is 0 Å². The van der Waals surface area contributed by atoms with Gasteiger partial charge in [-0.25, -0.2) is 0 Å². The fourth-order valence-corrected chi connectivity index (χ4v) is 2.88. The first kappa shape index (κ1) is 19.6. The van der Waals surface area contributed by atoms with E-state index in [1.165, 1.54) is 0 Å². The Kier molecular flexibility index (Phi) is 5.38. The molecule has 1 fully saturated rings. The lowest BCUT2D eigenvalue weighted by atomic mass is 9.77. The molecule has 2 aromatic carbocycles. The van der Waals surface area contributed by atoms with E-state index in [0.717, 1.165) is 5.56 Å². The second-order valence-corrected chi connectivity index (χ2v) is 7.78. The van der Waals surface area contributed by atoms with E-state index >= 15 is 0 Å². The number of hydrogen-bond acceptors (Lipinski definition) is 4. The van der Waals surface area contributed by atoms with Crippen LogP contribution in [0.25, 0.3) is 6.08 Å². The smallest absolute Gasteiger partial charge is 0.400 e. The van der Waals surface area contributed by atoms with Crippen molar-refractivity contribution in [1.82, 2.24) is 0 Å². The predicted molar refractivity (Wildman–Crippen MR) is 107 cm³/mol. The molecule has 0 amide bonds. The standard InChI is InChI=1S/C22H25BO4/c1-21(2)22(3,4)27-23(26-21)19(15-24)14-16-10-12-18(13-11-16)20(25)17-8-6-5-7-9-17/h5-14,24H,15H2,1-4H3. The van der Waals surface area contributed by atoms with Crippen LogP contribution in [0.3, 0.4) is 0 Å². The largest absolute Gasteiger partial charge is 0.492 e. The molecule has 2 aromatic rings. The van der Waals surface area contributed by atoms with Gasteiger partial charge in [0.05, 0.1) is 17.8 Å². The summed E-state index contributed by atoms with van der Waals surface area (Å²) in [6.45, 7) is 7.75. The van der Waals surface area contributed by atoms with Gasteiger partial charge in [0.25, 0.3) is 0 Å². The molecule has 0 atom stereocenters. The minimum absolute atomic E-state index is 0.0144. The minimum Gasteiger partial charge on any atom is -0.400 e. The van der Waals surface area contributed by atoms with E-state index in [4.69, 9.17) is 9.31 Å². The average molecular weight is 364 g/mol. The molecule has 0 bridgehead atoms. The van der Waals surface area contributed by atoms with Gasteiger partial charge in [0.2, 0.25) is 0 Å². The van der Waals surface area contributed by atoms with E-state index in [2.05, 4.69) is 0 Å². The van der Waals surface area contributed by atoms with Gasteiger partial charge in [-0.2, -0.15) is 0 Å². The van der Waals surface area contributed by atoms with Gasteiger partial charge in [-0.3, -0.25) is 4.79 Å². The lowest BCUT2D eigenvalue weighted by Gasteiger charge is -2.32. The summed E-state index contributed by atoms with van der Waals surface area (Å²) >= 11 is 0. The Bertz CT molecular complexity index is 822. The van der Waals surface area contributed by atoms with Crippen LogP contribution in [-0.2, 0) is 9.31 Å². The maximum atomic E-state index is 12.5. The van der Waals surface area contributed by atoms with Crippen LogP contribution in [0.1, 0.15) is 49.2 Å². The van der Waals surface area contributed by atoms with Gasteiger partial charge in [0.1, 0.15) is 0 Å². The van der Waals surface area contributed by atoms with E-state index in [1.807, 2.05) is 64.1 Å². The summed E-state index contributed by atoms with van der Waals surface area (Å²) in [5, 5.41) is 9.80. The number of carbonyl (C=O) groups excluding carboxylic acids is 1. The highest BCUT2D eigenvalue weighted by Crippen LogP contribution is 2.38. The second-order valence-electron chi connectivity index (χ2n) is 7.78. The molecule has 0 unspecified atom stereocenters. The number of benzene rings is 2. The molecule has 1 saturated heterocycles. The van der Waals surface area contributed by atoms with Gasteiger partial charge in [0.15, 0.2) is 5.78 Å². The molecule has 27 heavy (non-hydrogen) atoms. The van der Waals surface area contributed by atoms with Crippen LogP contribution in [-0.4, -0.2) is 35.8 Å². The molecule has 1 N–H and O–H groups in total. The van der Waals surface area contributed by atoms with Crippen molar-refractivity contribution in [2.75, 3.05) is 6.61 Å². The lowest BCUT2D eigenvalue weighted by Crippen LogP contribution is -2.41. The van der Waals surface area contributed by atoms with Gasteiger partial charge in [-0.1, -0.05) is 60.7 Å². The SMILES string of the molecule is CC1(C)OB(C(=Cc2ccc(C(=O)c3ccccc3)cc2)CO)OC1(C)C. The van der Waals surface area contributed by atoms with Crippen molar-refractivity contribution >= 4 is 19.0 Å². The second kappa shape index (κ2) is 7.43. The Morgan fingerprint density at radius 3 is 1.96 bits per heavy atom. The van der Waals surface area contributed by atoms with Crippen LogP contribution in [0.2, 0.25) is 0 Å². The molecule has 5 heteroatoms. The topological polar surface area (TPSA) is 55.8 Å². The number of ketones is 1. The summed E-state index contributed by atoms with van der Waals surface area (Å²) in [5.74, 6) is -0.0144. The summed E-state index contributed by atoms with van der Waals surface area (Å²) in [5.41, 5.74) is 1.89. The fraction of sp³-hybridized carbons (Fsp3) is 0.318. The normalized spacial score (nSPS) is 18.6. The van der Waals surface area contributed by atoms with Crippen LogP contribution in [0.4, 0.5) is 0 Å². The zero-order chi connectivity index (χ0) is 19.7. The molecule has 0 aliphatic carbocycles. The minimum atomic E-state index is -0.592. The number of hydrogen-bond donors (Lipinski definition) is 1. The van der Waals surface area contributed by atoms with Crippen LogP contribution in [0.15, 0.2) is 60.1 Å². The molecule has 0 aromatic heterocycles. The van der Waals surface area contributed by atoms with Gasteiger partial charge in [-0.05, 0) is 38.7 Å². The molecule has 0 spiro atoms. The first-order valence-corrected chi connectivity index (χ1v) is 9.10. The first-order chi connectivity index (χ1) is 12.7. The third-order valence-corrected chi connectivity index (χ3v) is 5.30. The maximum Gasteiger partial charge on any atom is 0.492 e. The van der Waals surface area contributed by atoms with E-state index in [0.29, 0.717) is 16.6 Å². The average Bonchev–Trinajstić information content (AvgIpc) is 2.87. The molecule has 1 aliphatic heterocycles. The third-order valence-electron chi connectivity index (χ3n) is 5.30. The zero-order valence-corrected chi connectivity index (χ0v) is 16.2. The van der Waals surface area contributed by atoms with Gasteiger partial charge in [0, 0.05) is 11.1 Å². The van der Waals surface area contributed by atoms with Gasteiger partial charge >= 0.3 is 7.12 Å². The molecule has 1 heterocycles. The predicted octanol–water partition coefficient (Wildman–Crippen LogP) is 3.92. The number of rotatable bonds is 5. The van der Waals surface area contributed by atoms with E-state index in [9.17, 15) is 9.90 Å². The first-order valence-electron chi connectivity index (χ1n) is 9.10. The summed E-state index contributed by atoms with van der Waals surface area (Å²) in [4.78, 5) is 12.5. The molecule has 0 saturated carbocycles. The van der Waals surface area contributed by atoms with Crippen LogP contribution in [0.5, 0.6) is 0 Å². The highest BCUT2D eigenvalue weighted by molar-refractivity contribution is 6.55. The van der Waals surface area contributed by atoms with E-state index in [1.54, 1.807) is 24.3 Å². The van der Waals surface area contributed by atoms with Gasteiger partial charge in [-0.15, -0.1) is 0 Å². The summed E-state index contributed by atoms with van der Waals surface area (Å²) in [6.07, 6.45) is 1.85. The van der Waals surface area contributed by atoms with Crippen molar-refractivity contribution < 1.29 is 19.2 Å². The Balaban J connectivity index is 1.79. The number of aliphatic hydroxyl groups excluding tert-OH is 1.